The molecule has 2 aromatic carbocycles. The van der Waals surface area contributed by atoms with Gasteiger partial charge in [0, 0.05) is 19.1 Å². The molecule has 3 heterocycles. The summed E-state index contributed by atoms with van der Waals surface area (Å²) in [5.74, 6) is 2.96. The summed E-state index contributed by atoms with van der Waals surface area (Å²) in [6, 6.07) is 27.0. The minimum Gasteiger partial charge on any atom is -0.465 e. The van der Waals surface area contributed by atoms with Gasteiger partial charge in [-0.15, -0.1) is 0 Å². The molecule has 0 unspecified atom stereocenters. The van der Waals surface area contributed by atoms with Crippen LogP contribution in [0.3, 0.4) is 0 Å². The molecule has 2 bridgehead atoms. The van der Waals surface area contributed by atoms with Crippen molar-refractivity contribution in [3.8, 4) is 0 Å². The molecule has 3 fully saturated rings. The van der Waals surface area contributed by atoms with Crippen molar-refractivity contribution < 1.29 is 4.42 Å². The zero-order chi connectivity index (χ0) is 19.7. The highest BCUT2D eigenvalue weighted by molar-refractivity contribution is 5.47. The molecular formula is C27H31NO. The van der Waals surface area contributed by atoms with E-state index in [1.165, 1.54) is 43.4 Å². The van der Waals surface area contributed by atoms with Crippen LogP contribution in [0.15, 0.2) is 77.2 Å². The SMILES string of the molecule is Cc1ccc(C(CCN2CC3CCC2CC3)(c2ccccc2)c2ccccc2)o1. The van der Waals surface area contributed by atoms with E-state index >= 15 is 0 Å². The van der Waals surface area contributed by atoms with Crippen molar-refractivity contribution in [1.29, 1.82) is 0 Å². The van der Waals surface area contributed by atoms with Gasteiger partial charge >= 0.3 is 0 Å². The van der Waals surface area contributed by atoms with E-state index in [0.29, 0.717) is 0 Å². The van der Waals surface area contributed by atoms with E-state index in [1.54, 1.807) is 0 Å². The molecule has 0 amide bonds. The minimum atomic E-state index is -0.256. The van der Waals surface area contributed by atoms with E-state index in [2.05, 4.69) is 77.7 Å². The van der Waals surface area contributed by atoms with Gasteiger partial charge in [0.05, 0.1) is 5.41 Å². The third kappa shape index (κ3) is 3.44. The molecule has 0 spiro atoms. The Morgan fingerprint density at radius 2 is 1.45 bits per heavy atom. The van der Waals surface area contributed by atoms with Gasteiger partial charge in [-0.2, -0.15) is 0 Å². The summed E-state index contributed by atoms with van der Waals surface area (Å²) in [6.45, 7) is 4.44. The van der Waals surface area contributed by atoms with Crippen molar-refractivity contribution in [2.45, 2.75) is 50.5 Å². The van der Waals surface area contributed by atoms with Crippen LogP contribution in [0, 0.1) is 12.8 Å². The molecule has 3 aromatic rings. The van der Waals surface area contributed by atoms with Crippen molar-refractivity contribution in [2.24, 2.45) is 5.92 Å². The van der Waals surface area contributed by atoms with Crippen molar-refractivity contribution in [2.75, 3.05) is 13.1 Å². The van der Waals surface area contributed by atoms with Crippen LogP contribution >= 0.6 is 0 Å². The Morgan fingerprint density at radius 3 is 1.93 bits per heavy atom. The predicted octanol–water partition coefficient (Wildman–Crippen LogP) is 6.19. The highest BCUT2D eigenvalue weighted by Gasteiger charge is 2.41. The smallest absolute Gasteiger partial charge is 0.119 e. The maximum atomic E-state index is 6.34. The topological polar surface area (TPSA) is 16.4 Å². The first kappa shape index (κ1) is 18.7. The molecule has 0 N–H and O–H groups in total. The van der Waals surface area contributed by atoms with Crippen LogP contribution in [0.25, 0.3) is 0 Å². The average Bonchev–Trinajstić information content (AvgIpc) is 3.23. The van der Waals surface area contributed by atoms with Gasteiger partial charge in [0.25, 0.3) is 0 Å². The lowest BCUT2D eigenvalue weighted by Crippen LogP contribution is -2.49. The molecule has 1 aromatic heterocycles. The summed E-state index contributed by atoms with van der Waals surface area (Å²) in [5, 5.41) is 0. The van der Waals surface area contributed by atoms with Gasteiger partial charge in [-0.05, 0) is 68.2 Å². The summed E-state index contributed by atoms with van der Waals surface area (Å²) in [7, 11) is 0. The van der Waals surface area contributed by atoms with Crippen LogP contribution in [-0.2, 0) is 5.41 Å². The molecule has 2 heteroatoms. The maximum absolute atomic E-state index is 6.34. The summed E-state index contributed by atoms with van der Waals surface area (Å²) < 4.78 is 6.34. The quantitative estimate of drug-likeness (QED) is 0.503. The van der Waals surface area contributed by atoms with Gasteiger partial charge in [0.15, 0.2) is 0 Å². The molecule has 150 valence electrons. The van der Waals surface area contributed by atoms with Gasteiger partial charge < -0.3 is 9.32 Å². The second-order valence-corrected chi connectivity index (χ2v) is 8.97. The molecule has 3 aliphatic rings. The standard InChI is InChI=1S/C27H31NO/c1-21-12-17-26(29-21)27(23-8-4-2-5-9-23,24-10-6-3-7-11-24)18-19-28-20-22-13-15-25(28)16-14-22/h2-12,17,22,25H,13-16,18-20H2,1H3. The van der Waals surface area contributed by atoms with Gasteiger partial charge in [0.1, 0.15) is 11.5 Å². The van der Waals surface area contributed by atoms with Gasteiger partial charge in [0.2, 0.25) is 0 Å². The van der Waals surface area contributed by atoms with E-state index in [1.807, 2.05) is 6.92 Å². The third-order valence-corrected chi connectivity index (χ3v) is 7.29. The number of benzene rings is 2. The molecule has 1 saturated carbocycles. The van der Waals surface area contributed by atoms with E-state index in [0.717, 1.165) is 36.4 Å². The first-order valence-corrected chi connectivity index (χ1v) is 11.2. The fourth-order valence-electron chi connectivity index (χ4n) is 5.73. The maximum Gasteiger partial charge on any atom is 0.119 e. The minimum absolute atomic E-state index is 0.256. The Hall–Kier alpha value is -2.32. The molecule has 0 radical (unpaired) electrons. The lowest BCUT2D eigenvalue weighted by Gasteiger charge is -2.46. The molecule has 0 atom stereocenters. The fourth-order valence-corrected chi connectivity index (χ4v) is 5.73. The number of furan rings is 1. The molecule has 6 rings (SSSR count). The number of fused-ring (bicyclic) bond motifs is 3. The van der Waals surface area contributed by atoms with Crippen molar-refractivity contribution in [1.82, 2.24) is 4.90 Å². The lowest BCUT2D eigenvalue weighted by atomic mass is 9.69. The van der Waals surface area contributed by atoms with Crippen LogP contribution in [0.2, 0.25) is 0 Å². The molecule has 29 heavy (non-hydrogen) atoms. The monoisotopic (exact) mass is 385 g/mol. The third-order valence-electron chi connectivity index (χ3n) is 7.29. The Bertz CT molecular complexity index is 882. The molecule has 1 aliphatic carbocycles. The number of rotatable bonds is 6. The molecule has 2 nitrogen and oxygen atoms in total. The van der Waals surface area contributed by atoms with E-state index in [4.69, 9.17) is 4.42 Å². The normalized spacial score (nSPS) is 22.1. The van der Waals surface area contributed by atoms with Gasteiger partial charge in [-0.3, -0.25) is 0 Å². The van der Waals surface area contributed by atoms with E-state index < -0.39 is 0 Å². The van der Waals surface area contributed by atoms with Crippen molar-refractivity contribution in [3.05, 3.63) is 95.4 Å². The van der Waals surface area contributed by atoms with Crippen LogP contribution in [0.1, 0.15) is 54.8 Å². The fraction of sp³-hybridized carbons (Fsp3) is 0.407. The summed E-state index contributed by atoms with van der Waals surface area (Å²) in [4.78, 5) is 2.77. The number of piperidine rings is 2. The highest BCUT2D eigenvalue weighted by Crippen LogP contribution is 2.44. The van der Waals surface area contributed by atoms with Gasteiger partial charge in [-0.25, -0.2) is 0 Å². The first-order chi connectivity index (χ1) is 14.3. The average molecular weight is 386 g/mol. The lowest BCUT2D eigenvalue weighted by molar-refractivity contribution is 0.0447. The summed E-state index contributed by atoms with van der Waals surface area (Å²) in [5.41, 5.74) is 2.39. The molecular weight excluding hydrogens is 354 g/mol. The first-order valence-electron chi connectivity index (χ1n) is 11.2. The number of hydrogen-bond donors (Lipinski definition) is 0. The molecule has 2 aliphatic heterocycles. The van der Waals surface area contributed by atoms with Crippen LogP contribution in [0.5, 0.6) is 0 Å². The number of hydrogen-bond acceptors (Lipinski definition) is 2. The van der Waals surface area contributed by atoms with Crippen LogP contribution in [0.4, 0.5) is 0 Å². The summed E-state index contributed by atoms with van der Waals surface area (Å²) >= 11 is 0. The Kier molecular flexibility index (Phi) is 5.05. The zero-order valence-electron chi connectivity index (χ0n) is 17.4. The molecule has 2 saturated heterocycles. The zero-order valence-corrected chi connectivity index (χ0v) is 17.4. The van der Waals surface area contributed by atoms with Gasteiger partial charge in [-0.1, -0.05) is 60.7 Å². The second-order valence-electron chi connectivity index (χ2n) is 8.97. The van der Waals surface area contributed by atoms with Crippen molar-refractivity contribution >= 4 is 0 Å². The number of aryl methyl sites for hydroxylation is 1. The van der Waals surface area contributed by atoms with Crippen LogP contribution < -0.4 is 0 Å². The number of nitrogens with zero attached hydrogens (tertiary/aromatic N) is 1. The van der Waals surface area contributed by atoms with E-state index in [-0.39, 0.29) is 5.41 Å². The van der Waals surface area contributed by atoms with Crippen LogP contribution in [-0.4, -0.2) is 24.0 Å². The summed E-state index contributed by atoms with van der Waals surface area (Å²) in [6.07, 6.45) is 6.67. The highest BCUT2D eigenvalue weighted by atomic mass is 16.3. The van der Waals surface area contributed by atoms with E-state index in [9.17, 15) is 0 Å². The second kappa shape index (κ2) is 7.84. The predicted molar refractivity (Wildman–Crippen MR) is 118 cm³/mol. The Balaban J connectivity index is 1.58. The van der Waals surface area contributed by atoms with Crippen molar-refractivity contribution in [3.63, 3.8) is 0 Å². The largest absolute Gasteiger partial charge is 0.465 e. The Morgan fingerprint density at radius 1 is 0.828 bits per heavy atom. The Labute approximate surface area is 174 Å².